The van der Waals surface area contributed by atoms with Gasteiger partial charge in [-0.25, -0.2) is 4.98 Å². The molecule has 0 radical (unpaired) electrons. The molecule has 1 N–H and O–H groups in total. The fraction of sp³-hybridized carbons (Fsp3) is 0.357. The number of H-pyrrole nitrogens is 1. The third kappa shape index (κ3) is 2.90. The van der Waals surface area contributed by atoms with E-state index in [0.717, 1.165) is 4.31 Å². The molecular formula is C14H17N5O3S. The minimum absolute atomic E-state index is 0.0829. The average molecular weight is 335 g/mol. The van der Waals surface area contributed by atoms with Crippen LogP contribution in [0.5, 0.6) is 0 Å². The van der Waals surface area contributed by atoms with E-state index in [1.807, 2.05) is 0 Å². The van der Waals surface area contributed by atoms with Crippen LogP contribution in [0, 0.1) is 0 Å². The van der Waals surface area contributed by atoms with E-state index in [9.17, 15) is 13.2 Å². The smallest absolute Gasteiger partial charge is 0.281 e. The molecule has 122 valence electrons. The maximum Gasteiger partial charge on any atom is 0.281 e. The van der Waals surface area contributed by atoms with Gasteiger partial charge in [-0.2, -0.15) is 17.0 Å². The van der Waals surface area contributed by atoms with Crippen molar-refractivity contribution in [2.45, 2.75) is 13.0 Å². The number of aromatic nitrogens is 3. The Bertz CT molecular complexity index is 877. The topological polar surface area (TPSA) is 99.3 Å². The van der Waals surface area contributed by atoms with Crippen molar-refractivity contribution in [1.82, 2.24) is 23.6 Å². The monoisotopic (exact) mass is 335 g/mol. The summed E-state index contributed by atoms with van der Waals surface area (Å²) in [6, 6.07) is 5.30. The lowest BCUT2D eigenvalue weighted by atomic mass is 10.1. The lowest BCUT2D eigenvalue weighted by Gasteiger charge is -2.29. The average Bonchev–Trinajstić information content (AvgIpc) is 2.55. The number of nitrogens with zero attached hydrogens (tertiary/aromatic N) is 4. The molecule has 0 spiro atoms. The molecule has 0 aromatic carbocycles. The number of hydrogen-bond acceptors (Lipinski definition) is 5. The Labute approximate surface area is 134 Å². The predicted molar refractivity (Wildman–Crippen MR) is 84.8 cm³/mol. The summed E-state index contributed by atoms with van der Waals surface area (Å²) in [6.07, 6.45) is 1.95. The minimum atomic E-state index is -3.53. The molecule has 0 unspecified atom stereocenters. The highest BCUT2D eigenvalue weighted by molar-refractivity contribution is 7.86. The molecule has 9 heteroatoms. The number of hydrogen-bond donors (Lipinski definition) is 1. The molecule has 0 fully saturated rings. The van der Waals surface area contributed by atoms with Gasteiger partial charge in [0.25, 0.3) is 15.8 Å². The Morgan fingerprint density at radius 3 is 2.74 bits per heavy atom. The summed E-state index contributed by atoms with van der Waals surface area (Å²) in [5.74, 6) is 0.346. The standard InChI is InChI=1S/C14H17N5O3S/c1-18(2)23(21,22)19-8-6-10-12(9-19)16-13(17-14(10)20)11-5-3-4-7-15-11/h3-5,7H,6,8-9H2,1-2H3,(H,16,17,20). The zero-order chi connectivity index (χ0) is 16.6. The summed E-state index contributed by atoms with van der Waals surface area (Å²) < 4.78 is 27.0. The van der Waals surface area contributed by atoms with Crippen molar-refractivity contribution in [3.63, 3.8) is 0 Å². The van der Waals surface area contributed by atoms with E-state index < -0.39 is 10.2 Å². The molecule has 0 bridgehead atoms. The van der Waals surface area contributed by atoms with E-state index in [4.69, 9.17) is 0 Å². The quantitative estimate of drug-likeness (QED) is 0.851. The van der Waals surface area contributed by atoms with Crippen molar-refractivity contribution >= 4 is 10.2 Å². The van der Waals surface area contributed by atoms with Crippen molar-refractivity contribution in [2.75, 3.05) is 20.6 Å². The number of pyridine rings is 1. The van der Waals surface area contributed by atoms with Gasteiger partial charge in [0.1, 0.15) is 5.69 Å². The highest BCUT2D eigenvalue weighted by Gasteiger charge is 2.30. The SMILES string of the molecule is CN(C)S(=O)(=O)N1CCc2c(nc(-c3ccccn3)[nH]c2=O)C1. The maximum absolute atomic E-state index is 12.3. The highest BCUT2D eigenvalue weighted by Crippen LogP contribution is 2.20. The second kappa shape index (κ2) is 5.84. The van der Waals surface area contributed by atoms with E-state index in [1.54, 1.807) is 24.4 Å². The summed E-state index contributed by atoms with van der Waals surface area (Å²) in [5.41, 5.74) is 1.32. The van der Waals surface area contributed by atoms with Crippen molar-refractivity contribution in [3.8, 4) is 11.5 Å². The molecule has 2 aromatic heterocycles. The second-order valence-electron chi connectivity index (χ2n) is 5.43. The Morgan fingerprint density at radius 1 is 1.30 bits per heavy atom. The maximum atomic E-state index is 12.3. The van der Waals surface area contributed by atoms with Gasteiger partial charge >= 0.3 is 0 Å². The molecule has 1 aliphatic rings. The predicted octanol–water partition coefficient (Wildman–Crippen LogP) is -0.00360. The van der Waals surface area contributed by atoms with Gasteiger partial charge in [0, 0.05) is 32.4 Å². The largest absolute Gasteiger partial charge is 0.305 e. The van der Waals surface area contributed by atoms with E-state index in [1.165, 1.54) is 18.4 Å². The van der Waals surface area contributed by atoms with Gasteiger partial charge in [-0.15, -0.1) is 0 Å². The summed E-state index contributed by atoms with van der Waals surface area (Å²) >= 11 is 0. The molecule has 0 saturated carbocycles. The third-order valence-corrected chi connectivity index (χ3v) is 5.62. The van der Waals surface area contributed by atoms with Crippen LogP contribution in [0.4, 0.5) is 0 Å². The first-order chi connectivity index (χ1) is 10.9. The van der Waals surface area contributed by atoms with Crippen LogP contribution < -0.4 is 5.56 Å². The van der Waals surface area contributed by atoms with E-state index >= 15 is 0 Å². The Balaban J connectivity index is 2.02. The van der Waals surface area contributed by atoms with Crippen LogP contribution in [0.25, 0.3) is 11.5 Å². The van der Waals surface area contributed by atoms with Gasteiger partial charge in [-0.3, -0.25) is 9.78 Å². The molecule has 0 atom stereocenters. The van der Waals surface area contributed by atoms with E-state index in [-0.39, 0.29) is 18.6 Å². The molecule has 8 nitrogen and oxygen atoms in total. The molecule has 23 heavy (non-hydrogen) atoms. The lowest BCUT2D eigenvalue weighted by Crippen LogP contribution is -2.44. The minimum Gasteiger partial charge on any atom is -0.305 e. The summed E-state index contributed by atoms with van der Waals surface area (Å²) in [4.78, 5) is 23.6. The first-order valence-electron chi connectivity index (χ1n) is 7.10. The van der Waals surface area contributed by atoms with Gasteiger partial charge in [-0.1, -0.05) is 6.07 Å². The summed E-state index contributed by atoms with van der Waals surface area (Å²) in [6.45, 7) is 0.348. The van der Waals surface area contributed by atoms with E-state index in [2.05, 4.69) is 15.0 Å². The van der Waals surface area contributed by atoms with Crippen molar-refractivity contribution in [2.24, 2.45) is 0 Å². The Kier molecular flexibility index (Phi) is 4.00. The molecule has 0 saturated heterocycles. The van der Waals surface area contributed by atoms with Crippen LogP contribution in [-0.2, 0) is 23.2 Å². The van der Waals surface area contributed by atoms with Crippen LogP contribution in [0.3, 0.4) is 0 Å². The zero-order valence-corrected chi connectivity index (χ0v) is 13.7. The normalized spacial score (nSPS) is 15.6. The summed E-state index contributed by atoms with van der Waals surface area (Å²) in [7, 11) is -0.571. The molecule has 0 aliphatic carbocycles. The molecule has 1 aliphatic heterocycles. The highest BCUT2D eigenvalue weighted by atomic mass is 32.2. The summed E-state index contributed by atoms with van der Waals surface area (Å²) in [5, 5.41) is 0. The van der Waals surface area contributed by atoms with Crippen molar-refractivity contribution in [3.05, 3.63) is 46.0 Å². The van der Waals surface area contributed by atoms with Gasteiger partial charge in [0.2, 0.25) is 0 Å². The Hall–Kier alpha value is -2.10. The van der Waals surface area contributed by atoms with Crippen LogP contribution in [-0.4, -0.2) is 52.6 Å². The molecular weight excluding hydrogens is 318 g/mol. The lowest BCUT2D eigenvalue weighted by molar-refractivity contribution is 0.353. The molecule has 3 heterocycles. The van der Waals surface area contributed by atoms with Crippen LogP contribution >= 0.6 is 0 Å². The van der Waals surface area contributed by atoms with Gasteiger partial charge < -0.3 is 4.98 Å². The van der Waals surface area contributed by atoms with Gasteiger partial charge in [0.05, 0.1) is 12.2 Å². The van der Waals surface area contributed by atoms with Gasteiger partial charge in [-0.05, 0) is 18.6 Å². The Morgan fingerprint density at radius 2 is 2.09 bits per heavy atom. The van der Waals surface area contributed by atoms with Gasteiger partial charge in [0.15, 0.2) is 5.82 Å². The second-order valence-corrected chi connectivity index (χ2v) is 7.57. The number of fused-ring (bicyclic) bond motifs is 1. The van der Waals surface area contributed by atoms with Crippen molar-refractivity contribution in [1.29, 1.82) is 0 Å². The third-order valence-electron chi connectivity index (χ3n) is 3.73. The molecule has 0 amide bonds. The van der Waals surface area contributed by atoms with Crippen molar-refractivity contribution < 1.29 is 8.42 Å². The van der Waals surface area contributed by atoms with E-state index in [0.29, 0.717) is 29.2 Å². The zero-order valence-electron chi connectivity index (χ0n) is 12.9. The first-order valence-corrected chi connectivity index (χ1v) is 8.50. The number of rotatable bonds is 3. The fourth-order valence-corrected chi connectivity index (χ4v) is 3.54. The molecule has 3 rings (SSSR count). The van der Waals surface area contributed by atoms with Crippen LogP contribution in [0.15, 0.2) is 29.2 Å². The first kappa shape index (κ1) is 15.8. The number of aromatic amines is 1. The molecule has 2 aromatic rings. The fourth-order valence-electron chi connectivity index (χ4n) is 2.47. The van der Waals surface area contributed by atoms with Crippen LogP contribution in [0.2, 0.25) is 0 Å². The number of nitrogens with one attached hydrogen (secondary N) is 1. The van der Waals surface area contributed by atoms with Crippen LogP contribution in [0.1, 0.15) is 11.3 Å².